The maximum Gasteiger partial charge on any atom is 0.270 e. The second kappa shape index (κ2) is 11.7. The molecule has 3 rings (SSSR count). The van der Waals surface area contributed by atoms with Crippen LogP contribution in [0.4, 0.5) is 14.5 Å². The van der Waals surface area contributed by atoms with Crippen molar-refractivity contribution in [3.8, 4) is 0 Å². The molecule has 0 bridgehead atoms. The SMILES string of the molecule is CC(C)CCNC(=O)[C@H](c1ccc(F)cc1)N(Cc1ccc(F)cc1)C(=O)c1snc(C(N)=O)c1N. The lowest BCUT2D eigenvalue weighted by Gasteiger charge is -2.31. The number of nitrogen functional groups attached to an aromatic ring is 1. The van der Waals surface area contributed by atoms with Crippen LogP contribution in [0.15, 0.2) is 48.5 Å². The number of amides is 3. The molecule has 0 aliphatic carbocycles. The summed E-state index contributed by atoms with van der Waals surface area (Å²) in [5, 5.41) is 2.84. The van der Waals surface area contributed by atoms with Crippen LogP contribution in [-0.4, -0.2) is 33.5 Å². The van der Waals surface area contributed by atoms with E-state index in [0.29, 0.717) is 41.5 Å². The fourth-order valence-electron chi connectivity index (χ4n) is 3.53. The van der Waals surface area contributed by atoms with Crippen molar-refractivity contribution in [1.29, 1.82) is 0 Å². The Morgan fingerprint density at radius 1 is 1.03 bits per heavy atom. The van der Waals surface area contributed by atoms with Crippen molar-refractivity contribution < 1.29 is 23.2 Å². The lowest BCUT2D eigenvalue weighted by atomic mass is 10.0. The second-order valence-electron chi connectivity index (χ2n) is 8.63. The van der Waals surface area contributed by atoms with Gasteiger partial charge in [0.1, 0.15) is 22.6 Å². The van der Waals surface area contributed by atoms with Gasteiger partial charge < -0.3 is 21.7 Å². The van der Waals surface area contributed by atoms with Crippen molar-refractivity contribution >= 4 is 34.9 Å². The average Bonchev–Trinajstić information content (AvgIpc) is 3.22. The van der Waals surface area contributed by atoms with E-state index >= 15 is 0 Å². The molecule has 0 radical (unpaired) electrons. The molecule has 0 saturated heterocycles. The van der Waals surface area contributed by atoms with E-state index in [0.717, 1.165) is 0 Å². The van der Waals surface area contributed by atoms with E-state index < -0.39 is 35.4 Å². The highest BCUT2D eigenvalue weighted by Crippen LogP contribution is 2.30. The van der Waals surface area contributed by atoms with Gasteiger partial charge in [-0.25, -0.2) is 8.78 Å². The monoisotopic (exact) mass is 515 g/mol. The maximum atomic E-state index is 13.8. The highest BCUT2D eigenvalue weighted by Gasteiger charge is 2.35. The summed E-state index contributed by atoms with van der Waals surface area (Å²) in [4.78, 5) is 40.0. The minimum absolute atomic E-state index is 0.0759. The van der Waals surface area contributed by atoms with E-state index in [2.05, 4.69) is 9.69 Å². The molecule has 11 heteroatoms. The normalized spacial score (nSPS) is 11.8. The Labute approximate surface area is 211 Å². The number of carbonyl (C=O) groups is 3. The van der Waals surface area contributed by atoms with Crippen LogP contribution >= 0.6 is 11.5 Å². The average molecular weight is 516 g/mol. The summed E-state index contributed by atoms with van der Waals surface area (Å²) in [6.45, 7) is 4.27. The number of halogens is 2. The Morgan fingerprint density at radius 3 is 2.14 bits per heavy atom. The lowest BCUT2D eigenvalue weighted by Crippen LogP contribution is -2.43. The Kier molecular flexibility index (Phi) is 8.70. The van der Waals surface area contributed by atoms with Crippen molar-refractivity contribution in [1.82, 2.24) is 14.6 Å². The molecule has 0 unspecified atom stereocenters. The van der Waals surface area contributed by atoms with Gasteiger partial charge in [0, 0.05) is 13.1 Å². The fraction of sp³-hybridized carbons (Fsp3) is 0.280. The second-order valence-corrected chi connectivity index (χ2v) is 9.40. The van der Waals surface area contributed by atoms with Crippen LogP contribution in [0.25, 0.3) is 0 Å². The molecule has 0 saturated carbocycles. The molecule has 0 spiro atoms. The molecule has 3 aromatic rings. The Balaban J connectivity index is 2.09. The van der Waals surface area contributed by atoms with Crippen molar-refractivity contribution in [2.75, 3.05) is 12.3 Å². The fourth-order valence-corrected chi connectivity index (χ4v) is 4.29. The van der Waals surface area contributed by atoms with Gasteiger partial charge in [0.05, 0.1) is 5.69 Å². The van der Waals surface area contributed by atoms with E-state index in [1.807, 2.05) is 13.8 Å². The van der Waals surface area contributed by atoms with Crippen molar-refractivity contribution in [2.45, 2.75) is 32.9 Å². The van der Waals surface area contributed by atoms with Crippen LogP contribution in [0.1, 0.15) is 57.6 Å². The van der Waals surface area contributed by atoms with Gasteiger partial charge in [-0.05, 0) is 59.3 Å². The molecule has 0 aliphatic rings. The first-order chi connectivity index (χ1) is 17.1. The smallest absolute Gasteiger partial charge is 0.270 e. The van der Waals surface area contributed by atoms with Gasteiger partial charge >= 0.3 is 0 Å². The third-order valence-electron chi connectivity index (χ3n) is 5.45. The first kappa shape index (κ1) is 26.7. The van der Waals surface area contributed by atoms with E-state index in [1.165, 1.54) is 53.4 Å². The summed E-state index contributed by atoms with van der Waals surface area (Å²) in [5.41, 5.74) is 11.7. The van der Waals surface area contributed by atoms with E-state index in [1.54, 1.807) is 0 Å². The minimum atomic E-state index is -1.19. The number of benzene rings is 2. The zero-order valence-corrected chi connectivity index (χ0v) is 20.6. The zero-order valence-electron chi connectivity index (χ0n) is 19.8. The third-order valence-corrected chi connectivity index (χ3v) is 6.30. The summed E-state index contributed by atoms with van der Waals surface area (Å²) >= 11 is 0.684. The Bertz CT molecular complexity index is 1230. The molecule has 5 N–H and O–H groups in total. The van der Waals surface area contributed by atoms with E-state index in [4.69, 9.17) is 11.5 Å². The van der Waals surface area contributed by atoms with Gasteiger partial charge in [0.25, 0.3) is 11.8 Å². The van der Waals surface area contributed by atoms with E-state index in [9.17, 15) is 23.2 Å². The molecule has 1 atom stereocenters. The number of rotatable bonds is 10. The summed E-state index contributed by atoms with van der Waals surface area (Å²) < 4.78 is 31.1. The highest BCUT2D eigenvalue weighted by atomic mass is 32.1. The molecule has 190 valence electrons. The largest absolute Gasteiger partial charge is 0.395 e. The Morgan fingerprint density at radius 2 is 1.61 bits per heavy atom. The third kappa shape index (κ3) is 6.42. The van der Waals surface area contributed by atoms with Crippen LogP contribution < -0.4 is 16.8 Å². The number of nitrogens with zero attached hydrogens (tertiary/aromatic N) is 2. The zero-order chi connectivity index (χ0) is 26.4. The Hall–Kier alpha value is -3.86. The highest BCUT2D eigenvalue weighted by molar-refractivity contribution is 7.09. The van der Waals surface area contributed by atoms with Crippen LogP contribution in [0, 0.1) is 17.6 Å². The molecule has 3 amide bonds. The molecule has 1 aromatic heterocycles. The molecular weight excluding hydrogens is 488 g/mol. The summed E-state index contributed by atoms with van der Waals surface area (Å²) in [7, 11) is 0. The van der Waals surface area contributed by atoms with Gasteiger partial charge in [0.2, 0.25) is 5.91 Å². The standard InChI is InChI=1S/C25H27F2N5O3S/c1-14(2)11-12-30-24(34)21(16-5-9-18(27)10-6-16)32(13-15-3-7-17(26)8-4-15)25(35)22-19(28)20(23(29)33)31-36-22/h3-10,14,21H,11-13,28H2,1-2H3,(H2,29,33)(H,30,34)/t21-/m0/s1. The van der Waals surface area contributed by atoms with E-state index in [-0.39, 0.29) is 22.8 Å². The number of hydrogen-bond donors (Lipinski definition) is 3. The quantitative estimate of drug-likeness (QED) is 0.379. The number of anilines is 1. The van der Waals surface area contributed by atoms with Gasteiger partial charge in [0.15, 0.2) is 5.69 Å². The number of carbonyl (C=O) groups excluding carboxylic acids is 3. The maximum absolute atomic E-state index is 13.8. The van der Waals surface area contributed by atoms with Crippen LogP contribution in [0.5, 0.6) is 0 Å². The molecule has 1 heterocycles. The van der Waals surface area contributed by atoms with Crippen molar-refractivity contribution in [3.63, 3.8) is 0 Å². The molecule has 2 aromatic carbocycles. The summed E-state index contributed by atoms with van der Waals surface area (Å²) in [5.74, 6) is -2.71. The number of hydrogen-bond acceptors (Lipinski definition) is 6. The van der Waals surface area contributed by atoms with Crippen molar-refractivity contribution in [3.05, 3.63) is 81.9 Å². The van der Waals surface area contributed by atoms with Crippen molar-refractivity contribution in [2.24, 2.45) is 11.7 Å². The molecule has 0 aliphatic heterocycles. The predicted molar refractivity (Wildman–Crippen MR) is 133 cm³/mol. The number of nitrogens with one attached hydrogen (secondary N) is 1. The molecule has 36 heavy (non-hydrogen) atoms. The van der Waals surface area contributed by atoms with Gasteiger partial charge in [-0.2, -0.15) is 4.37 Å². The minimum Gasteiger partial charge on any atom is -0.395 e. The first-order valence-corrected chi connectivity index (χ1v) is 12.0. The molecule has 0 fully saturated rings. The topological polar surface area (TPSA) is 131 Å². The van der Waals surface area contributed by atoms with Gasteiger partial charge in [-0.15, -0.1) is 0 Å². The number of primary amides is 1. The summed E-state index contributed by atoms with van der Waals surface area (Å²) in [6.07, 6.45) is 0.706. The molecule has 8 nitrogen and oxygen atoms in total. The molecular formula is C25H27F2N5O3S. The van der Waals surface area contributed by atoms with Crippen LogP contribution in [-0.2, 0) is 11.3 Å². The predicted octanol–water partition coefficient (Wildman–Crippen LogP) is 3.65. The number of nitrogens with two attached hydrogens (primary N) is 2. The van der Waals surface area contributed by atoms with Crippen LogP contribution in [0.2, 0.25) is 0 Å². The first-order valence-electron chi connectivity index (χ1n) is 11.2. The number of aromatic nitrogens is 1. The van der Waals surface area contributed by atoms with Gasteiger partial charge in [-0.1, -0.05) is 38.1 Å². The van der Waals surface area contributed by atoms with Crippen LogP contribution in [0.3, 0.4) is 0 Å². The lowest BCUT2D eigenvalue weighted by molar-refractivity contribution is -0.126. The summed E-state index contributed by atoms with van der Waals surface area (Å²) in [6, 6.07) is 9.47. The van der Waals surface area contributed by atoms with Gasteiger partial charge in [-0.3, -0.25) is 14.4 Å².